The second kappa shape index (κ2) is 6.90. The summed E-state index contributed by atoms with van der Waals surface area (Å²) in [5.74, 6) is -0.279. The molecule has 2 aliphatic rings. The Morgan fingerprint density at radius 2 is 1.96 bits per heavy atom. The van der Waals surface area contributed by atoms with Crippen molar-refractivity contribution in [2.45, 2.75) is 45.1 Å². The van der Waals surface area contributed by atoms with Crippen LogP contribution in [0.1, 0.15) is 37.9 Å². The second-order valence-corrected chi connectivity index (χ2v) is 7.10. The van der Waals surface area contributed by atoms with E-state index in [2.05, 4.69) is 20.1 Å². The molecule has 1 fully saturated rings. The first-order valence-corrected chi connectivity index (χ1v) is 9.19. The third kappa shape index (κ3) is 3.09. The molecule has 0 spiro atoms. The Bertz CT molecular complexity index is 845. The number of carboxylic acid groups (broad SMARTS) is 1. The van der Waals surface area contributed by atoms with Gasteiger partial charge in [-0.25, -0.2) is 0 Å². The zero-order valence-electron chi connectivity index (χ0n) is 14.5. The minimum atomic E-state index is -0.892. The molecule has 4 rings (SSSR count). The van der Waals surface area contributed by atoms with Crippen LogP contribution in [0.5, 0.6) is 0 Å². The number of carbonyl (C=O) groups is 2. The quantitative estimate of drug-likeness (QED) is 0.880. The summed E-state index contributed by atoms with van der Waals surface area (Å²) < 4.78 is 2.17. The van der Waals surface area contributed by atoms with Crippen LogP contribution in [0, 0.1) is 11.8 Å². The topological polar surface area (TPSA) is 97.1 Å². The lowest BCUT2D eigenvalue weighted by Gasteiger charge is -2.31. The van der Waals surface area contributed by atoms with E-state index in [1.165, 1.54) is 6.42 Å². The molecule has 0 saturated heterocycles. The third-order valence-electron chi connectivity index (χ3n) is 5.43. The van der Waals surface area contributed by atoms with E-state index >= 15 is 0 Å². The minimum absolute atomic E-state index is 0.221. The fourth-order valence-corrected chi connectivity index (χ4v) is 3.78. The van der Waals surface area contributed by atoms with Gasteiger partial charge in [-0.3, -0.25) is 9.59 Å². The average Bonchev–Trinajstić information content (AvgIpc) is 2.82. The average molecular weight is 354 g/mol. The number of anilines is 1. The molecule has 0 bridgehead atoms. The van der Waals surface area contributed by atoms with Crippen LogP contribution in [0.3, 0.4) is 0 Å². The van der Waals surface area contributed by atoms with Gasteiger partial charge in [0.15, 0.2) is 5.82 Å². The van der Waals surface area contributed by atoms with Crippen molar-refractivity contribution in [3.8, 4) is 11.4 Å². The SMILES string of the molecule is O=C(O)C1CCC1C(=O)Nc1cccc(-c2nnc3n2CCCCC3)c1. The fourth-order valence-electron chi connectivity index (χ4n) is 3.78. The van der Waals surface area contributed by atoms with Crippen molar-refractivity contribution in [2.24, 2.45) is 11.8 Å². The maximum absolute atomic E-state index is 12.4. The zero-order valence-corrected chi connectivity index (χ0v) is 14.5. The van der Waals surface area contributed by atoms with E-state index < -0.39 is 17.8 Å². The van der Waals surface area contributed by atoms with Crippen molar-refractivity contribution in [1.82, 2.24) is 14.8 Å². The Labute approximate surface area is 151 Å². The molecule has 2 unspecified atom stereocenters. The number of aliphatic carboxylic acids is 1. The number of nitrogens with one attached hydrogen (secondary N) is 1. The van der Waals surface area contributed by atoms with Crippen molar-refractivity contribution in [2.75, 3.05) is 5.32 Å². The van der Waals surface area contributed by atoms with E-state index in [9.17, 15) is 9.59 Å². The summed E-state index contributed by atoms with van der Waals surface area (Å²) in [7, 11) is 0. The van der Waals surface area contributed by atoms with Crippen LogP contribution in [0.4, 0.5) is 5.69 Å². The molecule has 26 heavy (non-hydrogen) atoms. The maximum atomic E-state index is 12.4. The normalized spacial score (nSPS) is 22.0. The van der Waals surface area contributed by atoms with Crippen molar-refractivity contribution in [3.63, 3.8) is 0 Å². The zero-order chi connectivity index (χ0) is 18.1. The van der Waals surface area contributed by atoms with Gasteiger partial charge in [0.1, 0.15) is 5.82 Å². The standard InChI is InChI=1S/C19H22N4O3/c24-18(14-8-9-15(14)19(25)26)20-13-6-4-5-12(11-13)17-22-21-16-7-2-1-3-10-23(16)17/h4-6,11,14-15H,1-3,7-10H2,(H,20,24)(H,25,26). The molecule has 136 valence electrons. The maximum Gasteiger partial charge on any atom is 0.307 e. The van der Waals surface area contributed by atoms with Crippen LogP contribution in [0.15, 0.2) is 24.3 Å². The van der Waals surface area contributed by atoms with E-state index in [1.807, 2.05) is 24.3 Å². The van der Waals surface area contributed by atoms with Crippen molar-refractivity contribution < 1.29 is 14.7 Å². The molecule has 1 amide bonds. The van der Waals surface area contributed by atoms with E-state index in [4.69, 9.17) is 5.11 Å². The molecule has 2 heterocycles. The molecule has 2 aromatic rings. The molecule has 2 atom stereocenters. The van der Waals surface area contributed by atoms with Gasteiger partial charge in [-0.15, -0.1) is 10.2 Å². The van der Waals surface area contributed by atoms with Gasteiger partial charge >= 0.3 is 5.97 Å². The summed E-state index contributed by atoms with van der Waals surface area (Å²) in [5.41, 5.74) is 1.57. The highest BCUT2D eigenvalue weighted by molar-refractivity contribution is 5.96. The van der Waals surface area contributed by atoms with Crippen LogP contribution < -0.4 is 5.32 Å². The fraction of sp³-hybridized carbons (Fsp3) is 0.474. The third-order valence-corrected chi connectivity index (χ3v) is 5.43. The van der Waals surface area contributed by atoms with Crippen LogP contribution in [0.25, 0.3) is 11.4 Å². The highest BCUT2D eigenvalue weighted by atomic mass is 16.4. The number of hydrogen-bond donors (Lipinski definition) is 2. The second-order valence-electron chi connectivity index (χ2n) is 7.10. The molecule has 7 nitrogen and oxygen atoms in total. The lowest BCUT2D eigenvalue weighted by atomic mass is 9.73. The number of amides is 1. The number of rotatable bonds is 4. The smallest absolute Gasteiger partial charge is 0.307 e. The van der Waals surface area contributed by atoms with Crippen molar-refractivity contribution >= 4 is 17.6 Å². The molecule has 1 aromatic carbocycles. The summed E-state index contributed by atoms with van der Waals surface area (Å²) in [6.07, 6.45) is 5.60. The Balaban J connectivity index is 1.53. The molecule has 7 heteroatoms. The number of aromatic nitrogens is 3. The van der Waals surface area contributed by atoms with Crippen LogP contribution >= 0.6 is 0 Å². The predicted octanol–water partition coefficient (Wildman–Crippen LogP) is 2.72. The number of hydrogen-bond acceptors (Lipinski definition) is 4. The first-order valence-electron chi connectivity index (χ1n) is 9.19. The van der Waals surface area contributed by atoms with Gasteiger partial charge < -0.3 is 15.0 Å². The van der Waals surface area contributed by atoms with Crippen LogP contribution in [-0.4, -0.2) is 31.7 Å². The Kier molecular flexibility index (Phi) is 4.44. The molecule has 1 aliphatic heterocycles. The molecular formula is C19H22N4O3. The Morgan fingerprint density at radius 3 is 2.73 bits per heavy atom. The summed E-state index contributed by atoms with van der Waals surface area (Å²) in [5, 5.41) is 20.7. The number of benzene rings is 1. The van der Waals surface area contributed by atoms with Gasteiger partial charge in [0.2, 0.25) is 5.91 Å². The Hall–Kier alpha value is -2.70. The highest BCUT2D eigenvalue weighted by Crippen LogP contribution is 2.35. The van der Waals surface area contributed by atoms with E-state index in [0.29, 0.717) is 18.5 Å². The van der Waals surface area contributed by atoms with Gasteiger partial charge in [-0.05, 0) is 37.8 Å². The predicted molar refractivity (Wildman–Crippen MR) is 95.5 cm³/mol. The highest BCUT2D eigenvalue weighted by Gasteiger charge is 2.41. The van der Waals surface area contributed by atoms with Crippen molar-refractivity contribution in [3.05, 3.63) is 30.1 Å². The van der Waals surface area contributed by atoms with E-state index in [1.54, 1.807) is 0 Å². The lowest BCUT2D eigenvalue weighted by molar-refractivity contribution is -0.151. The lowest BCUT2D eigenvalue weighted by Crippen LogP contribution is -2.41. The molecule has 2 N–H and O–H groups in total. The molecule has 1 saturated carbocycles. The summed E-state index contributed by atoms with van der Waals surface area (Å²) in [4.78, 5) is 23.5. The van der Waals surface area contributed by atoms with Gasteiger partial charge in [0.25, 0.3) is 0 Å². The monoisotopic (exact) mass is 354 g/mol. The summed E-state index contributed by atoms with van der Waals surface area (Å²) in [6.45, 7) is 0.913. The van der Waals surface area contributed by atoms with Gasteiger partial charge in [0.05, 0.1) is 11.8 Å². The molecule has 1 aliphatic carbocycles. The number of nitrogens with zero attached hydrogens (tertiary/aromatic N) is 3. The number of carboxylic acids is 1. The van der Waals surface area contributed by atoms with Gasteiger partial charge in [0, 0.05) is 24.2 Å². The number of aryl methyl sites for hydroxylation is 1. The summed E-state index contributed by atoms with van der Waals surface area (Å²) >= 11 is 0. The van der Waals surface area contributed by atoms with Gasteiger partial charge in [-0.1, -0.05) is 18.6 Å². The molecular weight excluding hydrogens is 332 g/mol. The van der Waals surface area contributed by atoms with Crippen LogP contribution in [-0.2, 0) is 22.6 Å². The molecule has 1 aromatic heterocycles. The largest absolute Gasteiger partial charge is 0.481 e. The number of carbonyl (C=O) groups excluding carboxylic acids is 1. The van der Waals surface area contributed by atoms with Crippen LogP contribution in [0.2, 0.25) is 0 Å². The minimum Gasteiger partial charge on any atom is -0.481 e. The van der Waals surface area contributed by atoms with Crippen molar-refractivity contribution in [1.29, 1.82) is 0 Å². The molecule has 0 radical (unpaired) electrons. The summed E-state index contributed by atoms with van der Waals surface area (Å²) in [6, 6.07) is 7.53. The van der Waals surface area contributed by atoms with Gasteiger partial charge in [-0.2, -0.15) is 0 Å². The number of fused-ring (bicyclic) bond motifs is 1. The first-order chi connectivity index (χ1) is 12.6. The Morgan fingerprint density at radius 1 is 1.12 bits per heavy atom. The van der Waals surface area contributed by atoms with E-state index in [-0.39, 0.29) is 5.91 Å². The first kappa shape index (κ1) is 16.8. The van der Waals surface area contributed by atoms with E-state index in [0.717, 1.165) is 43.0 Å².